The smallest absolute Gasteiger partial charge is 0.249 e. The maximum atomic E-state index is 12.5. The van der Waals surface area contributed by atoms with Crippen molar-refractivity contribution in [2.75, 3.05) is 16.8 Å². The fourth-order valence-corrected chi connectivity index (χ4v) is 3.30. The molecule has 0 radical (unpaired) electrons. The number of carbonyl (C=O) groups excluding carboxylic acids is 1. The Morgan fingerprint density at radius 2 is 2.29 bits per heavy atom. The first kappa shape index (κ1) is 15.8. The summed E-state index contributed by atoms with van der Waals surface area (Å²) < 4.78 is 1.68. The van der Waals surface area contributed by atoms with Gasteiger partial charge in [0.2, 0.25) is 11.9 Å². The van der Waals surface area contributed by atoms with E-state index in [1.807, 2.05) is 26.2 Å². The van der Waals surface area contributed by atoms with Crippen LogP contribution < -0.4 is 11.1 Å². The maximum absolute atomic E-state index is 12.5. The monoisotopic (exact) mass is 326 g/mol. The first-order valence-electron chi connectivity index (χ1n) is 6.63. The Hall–Kier alpha value is -1.61. The van der Waals surface area contributed by atoms with E-state index in [0.717, 1.165) is 11.4 Å². The lowest BCUT2D eigenvalue weighted by Crippen LogP contribution is -2.27. The summed E-state index contributed by atoms with van der Waals surface area (Å²) in [5, 5.41) is 13.9. The predicted molar refractivity (Wildman–Crippen MR) is 85.6 cm³/mol. The third kappa shape index (κ3) is 3.53. The molecule has 0 fully saturated rings. The molecule has 0 saturated heterocycles. The molecule has 21 heavy (non-hydrogen) atoms. The molecule has 3 N–H and O–H groups in total. The number of aromatic nitrogens is 4. The van der Waals surface area contributed by atoms with Crippen LogP contribution in [0.2, 0.25) is 0 Å². The van der Waals surface area contributed by atoms with Crippen molar-refractivity contribution in [2.24, 2.45) is 0 Å². The van der Waals surface area contributed by atoms with Gasteiger partial charge in [0.25, 0.3) is 0 Å². The quantitative estimate of drug-likeness (QED) is 0.790. The molecule has 9 heteroatoms. The number of thioether (sulfide) groups is 1. The van der Waals surface area contributed by atoms with Crippen molar-refractivity contribution in [3.05, 3.63) is 11.1 Å². The molecule has 1 amide bonds. The first-order chi connectivity index (χ1) is 10.1. The van der Waals surface area contributed by atoms with Crippen LogP contribution in [0.1, 0.15) is 32.0 Å². The number of rotatable bonds is 6. The maximum Gasteiger partial charge on any atom is 0.249 e. The Morgan fingerprint density at radius 1 is 1.52 bits per heavy atom. The van der Waals surface area contributed by atoms with Crippen LogP contribution in [-0.4, -0.2) is 31.4 Å². The summed E-state index contributed by atoms with van der Waals surface area (Å²) in [6, 6.07) is -0.446. The lowest BCUT2D eigenvalue weighted by molar-refractivity contribution is -0.119. The topological polar surface area (TPSA) is 98.7 Å². The zero-order chi connectivity index (χ0) is 15.4. The number of nitrogen functional groups attached to an aromatic ring is 1. The van der Waals surface area contributed by atoms with Gasteiger partial charge in [0.15, 0.2) is 10.3 Å². The number of anilines is 2. The molecule has 0 bridgehead atoms. The average molecular weight is 326 g/mol. The predicted octanol–water partition coefficient (Wildman–Crippen LogP) is 2.33. The van der Waals surface area contributed by atoms with Gasteiger partial charge >= 0.3 is 0 Å². The van der Waals surface area contributed by atoms with Gasteiger partial charge in [-0.1, -0.05) is 25.6 Å². The van der Waals surface area contributed by atoms with Crippen LogP contribution in [0.25, 0.3) is 0 Å². The first-order valence-corrected chi connectivity index (χ1v) is 8.49. The number of thiazole rings is 1. The van der Waals surface area contributed by atoms with Crippen molar-refractivity contribution in [1.82, 2.24) is 19.7 Å². The van der Waals surface area contributed by atoms with Crippen molar-refractivity contribution in [1.29, 1.82) is 0 Å². The van der Waals surface area contributed by atoms with Gasteiger partial charge < -0.3 is 11.1 Å². The molecule has 1 atom stereocenters. The van der Waals surface area contributed by atoms with E-state index < -0.39 is 6.04 Å². The van der Waals surface area contributed by atoms with Crippen LogP contribution in [-0.2, 0) is 4.79 Å². The second-order valence-electron chi connectivity index (χ2n) is 4.35. The molecule has 0 aliphatic carbocycles. The molecule has 2 rings (SSSR count). The number of aryl methyl sites for hydroxylation is 1. The van der Waals surface area contributed by atoms with Crippen LogP contribution in [0, 0.1) is 6.92 Å². The molecule has 0 spiro atoms. The second-order valence-corrected chi connectivity index (χ2v) is 6.44. The molecule has 114 valence electrons. The standard InChI is InChI=1S/C12H18N6OS2/c1-4-8(9(19)15-11-14-7(3)6-21-11)18-10(13)16-17-12(18)20-5-2/h6,8H,4-5H2,1-3H3,(H2,13,16)(H,14,15,19). The molecule has 0 saturated carbocycles. The third-order valence-corrected chi connectivity index (χ3v) is 4.52. The van der Waals surface area contributed by atoms with E-state index in [2.05, 4.69) is 20.5 Å². The van der Waals surface area contributed by atoms with Crippen molar-refractivity contribution >= 4 is 40.1 Å². The van der Waals surface area contributed by atoms with Gasteiger partial charge in [0, 0.05) is 5.38 Å². The van der Waals surface area contributed by atoms with Gasteiger partial charge in [-0.15, -0.1) is 21.5 Å². The SMILES string of the molecule is CCSc1nnc(N)n1C(CC)C(=O)Nc1nc(C)cs1. The summed E-state index contributed by atoms with van der Waals surface area (Å²) in [5.41, 5.74) is 6.75. The van der Waals surface area contributed by atoms with Crippen LogP contribution >= 0.6 is 23.1 Å². The highest BCUT2D eigenvalue weighted by Gasteiger charge is 2.25. The Kier molecular flexibility index (Phi) is 5.18. The number of carbonyl (C=O) groups is 1. The number of nitrogens with two attached hydrogens (primary N) is 1. The fourth-order valence-electron chi connectivity index (χ4n) is 1.89. The van der Waals surface area contributed by atoms with Gasteiger partial charge in [-0.25, -0.2) is 4.98 Å². The highest BCUT2D eigenvalue weighted by Crippen LogP contribution is 2.26. The molecule has 0 aromatic carbocycles. The number of amides is 1. The lowest BCUT2D eigenvalue weighted by atomic mass is 10.2. The lowest BCUT2D eigenvalue weighted by Gasteiger charge is -2.18. The van der Waals surface area contributed by atoms with Gasteiger partial charge in [-0.3, -0.25) is 9.36 Å². The Labute approximate surface area is 131 Å². The molecule has 2 aromatic heterocycles. The zero-order valence-corrected chi connectivity index (χ0v) is 13.8. The van der Waals surface area contributed by atoms with E-state index in [9.17, 15) is 4.79 Å². The summed E-state index contributed by atoms with van der Waals surface area (Å²) >= 11 is 2.91. The Balaban J connectivity index is 2.22. The minimum atomic E-state index is -0.446. The summed E-state index contributed by atoms with van der Waals surface area (Å²) in [6.07, 6.45) is 0.593. The van der Waals surface area contributed by atoms with E-state index in [0.29, 0.717) is 16.7 Å². The number of hydrogen-bond donors (Lipinski definition) is 2. The average Bonchev–Trinajstić information content (AvgIpc) is 3.00. The van der Waals surface area contributed by atoms with Crippen LogP contribution in [0.4, 0.5) is 11.1 Å². The van der Waals surface area contributed by atoms with Crippen molar-refractivity contribution < 1.29 is 4.79 Å². The van der Waals surface area contributed by atoms with Crippen LogP contribution in [0.15, 0.2) is 10.5 Å². The molecule has 0 aliphatic heterocycles. The minimum Gasteiger partial charge on any atom is -0.368 e. The largest absolute Gasteiger partial charge is 0.368 e. The summed E-state index contributed by atoms with van der Waals surface area (Å²) in [5.74, 6) is 0.932. The highest BCUT2D eigenvalue weighted by atomic mass is 32.2. The van der Waals surface area contributed by atoms with Gasteiger partial charge in [-0.2, -0.15) is 0 Å². The Bertz CT molecular complexity index is 623. The normalized spacial score (nSPS) is 12.3. The number of nitrogens with one attached hydrogen (secondary N) is 1. The van der Waals surface area contributed by atoms with Crippen molar-refractivity contribution in [3.8, 4) is 0 Å². The Morgan fingerprint density at radius 3 is 2.86 bits per heavy atom. The van der Waals surface area contributed by atoms with Gasteiger partial charge in [-0.05, 0) is 19.1 Å². The van der Waals surface area contributed by atoms with E-state index >= 15 is 0 Å². The van der Waals surface area contributed by atoms with Crippen LogP contribution in [0.5, 0.6) is 0 Å². The molecule has 1 unspecified atom stereocenters. The van der Waals surface area contributed by atoms with Crippen molar-refractivity contribution in [2.45, 2.75) is 38.4 Å². The summed E-state index contributed by atoms with van der Waals surface area (Å²) in [7, 11) is 0. The molecule has 7 nitrogen and oxygen atoms in total. The number of hydrogen-bond acceptors (Lipinski definition) is 7. The summed E-state index contributed by atoms with van der Waals surface area (Å²) in [6.45, 7) is 5.83. The number of nitrogens with zero attached hydrogens (tertiary/aromatic N) is 4. The van der Waals surface area contributed by atoms with E-state index in [1.165, 1.54) is 23.1 Å². The van der Waals surface area contributed by atoms with Gasteiger partial charge in [0.1, 0.15) is 6.04 Å². The minimum absolute atomic E-state index is 0.156. The highest BCUT2D eigenvalue weighted by molar-refractivity contribution is 7.99. The molecular formula is C12H18N6OS2. The fraction of sp³-hybridized carbons (Fsp3) is 0.500. The molecule has 2 aromatic rings. The molecule has 2 heterocycles. The van der Waals surface area contributed by atoms with E-state index in [-0.39, 0.29) is 11.9 Å². The van der Waals surface area contributed by atoms with Crippen molar-refractivity contribution in [3.63, 3.8) is 0 Å². The molecule has 0 aliphatic rings. The third-order valence-electron chi connectivity index (χ3n) is 2.81. The second kappa shape index (κ2) is 6.90. The summed E-state index contributed by atoms with van der Waals surface area (Å²) in [4.78, 5) is 16.7. The van der Waals surface area contributed by atoms with E-state index in [1.54, 1.807) is 4.57 Å². The van der Waals surface area contributed by atoms with Gasteiger partial charge in [0.05, 0.1) is 5.69 Å². The van der Waals surface area contributed by atoms with Crippen LogP contribution in [0.3, 0.4) is 0 Å². The van der Waals surface area contributed by atoms with E-state index in [4.69, 9.17) is 5.73 Å². The zero-order valence-electron chi connectivity index (χ0n) is 12.2. The molecular weight excluding hydrogens is 308 g/mol.